The van der Waals surface area contributed by atoms with Crippen molar-refractivity contribution in [3.63, 3.8) is 0 Å². The van der Waals surface area contributed by atoms with Gasteiger partial charge in [0.15, 0.2) is 24.8 Å². The van der Waals surface area contributed by atoms with Gasteiger partial charge in [-0.3, -0.25) is 4.79 Å². The number of benzene rings is 2. The van der Waals surface area contributed by atoms with Gasteiger partial charge in [0, 0.05) is 11.8 Å². The average molecular weight is 460 g/mol. The first-order valence-electron chi connectivity index (χ1n) is 8.95. The molecule has 0 aliphatic rings. The number of carbonyl (C=O) groups is 1. The molecule has 0 bridgehead atoms. The predicted molar refractivity (Wildman–Crippen MR) is 113 cm³/mol. The van der Waals surface area contributed by atoms with Crippen LogP contribution in [-0.2, 0) is 11.5 Å². The smallest absolute Gasteiger partial charge is 0.278 e. The molecule has 4 aromatic rings. The number of amides is 1. The summed E-state index contributed by atoms with van der Waals surface area (Å²) in [6, 6.07) is 13.7. The summed E-state index contributed by atoms with van der Waals surface area (Å²) >= 11 is 12.2. The molecule has 0 saturated heterocycles. The fourth-order valence-corrected chi connectivity index (χ4v) is 3.10. The number of carbonyl (C=O) groups excluding carboxylic acids is 1. The number of ether oxygens (including phenoxy) is 2. The van der Waals surface area contributed by atoms with E-state index in [1.54, 1.807) is 59.4 Å². The zero-order chi connectivity index (χ0) is 21.8. The van der Waals surface area contributed by atoms with Crippen molar-refractivity contribution >= 4 is 29.1 Å². The standard InChI is InChI=1S/C20H15Cl2N5O4/c21-14-2-1-3-15(22)18(14)30-11-27-9-8-16(25-27)20-24-19(26-31-20)12-4-6-13(7-5-12)29-10-17(23)28/h1-9H,10-11H2,(H2,23,28). The quantitative estimate of drug-likeness (QED) is 0.425. The summed E-state index contributed by atoms with van der Waals surface area (Å²) in [4.78, 5) is 15.1. The van der Waals surface area contributed by atoms with Crippen LogP contribution in [0.4, 0.5) is 0 Å². The lowest BCUT2D eigenvalue weighted by molar-refractivity contribution is -0.119. The molecule has 9 nitrogen and oxygen atoms in total. The second-order valence-corrected chi connectivity index (χ2v) is 7.08. The molecule has 2 aromatic carbocycles. The van der Waals surface area contributed by atoms with E-state index in [9.17, 15) is 4.79 Å². The minimum atomic E-state index is -0.549. The van der Waals surface area contributed by atoms with Gasteiger partial charge in [-0.2, -0.15) is 10.1 Å². The van der Waals surface area contributed by atoms with Crippen LogP contribution in [0.25, 0.3) is 23.0 Å². The van der Waals surface area contributed by atoms with Crippen LogP contribution >= 0.6 is 23.2 Å². The summed E-state index contributed by atoms with van der Waals surface area (Å²) in [7, 11) is 0. The molecule has 4 rings (SSSR count). The summed E-state index contributed by atoms with van der Waals surface area (Å²) in [6.07, 6.45) is 1.70. The Hall–Kier alpha value is -3.56. The predicted octanol–water partition coefficient (Wildman–Crippen LogP) is 3.81. The second kappa shape index (κ2) is 9.07. The monoisotopic (exact) mass is 459 g/mol. The number of hydrogen-bond acceptors (Lipinski definition) is 7. The maximum absolute atomic E-state index is 10.8. The molecular formula is C20H15Cl2N5O4. The highest BCUT2D eigenvalue weighted by Crippen LogP contribution is 2.32. The van der Waals surface area contributed by atoms with E-state index >= 15 is 0 Å². The van der Waals surface area contributed by atoms with Gasteiger partial charge in [0.25, 0.3) is 11.8 Å². The average Bonchev–Trinajstić information content (AvgIpc) is 3.42. The van der Waals surface area contributed by atoms with Gasteiger partial charge in [-0.1, -0.05) is 34.4 Å². The molecule has 0 saturated carbocycles. The van der Waals surface area contributed by atoms with E-state index in [1.807, 2.05) is 0 Å². The van der Waals surface area contributed by atoms with Crippen molar-refractivity contribution in [2.45, 2.75) is 6.73 Å². The molecule has 0 aliphatic carbocycles. The van der Waals surface area contributed by atoms with Crippen molar-refractivity contribution < 1.29 is 18.8 Å². The summed E-state index contributed by atoms with van der Waals surface area (Å²) < 4.78 is 17.7. The van der Waals surface area contributed by atoms with Crippen molar-refractivity contribution in [3.8, 4) is 34.5 Å². The van der Waals surface area contributed by atoms with Crippen LogP contribution in [0.3, 0.4) is 0 Å². The van der Waals surface area contributed by atoms with Crippen LogP contribution in [0.1, 0.15) is 0 Å². The summed E-state index contributed by atoms with van der Waals surface area (Å²) in [5.41, 5.74) is 6.25. The largest absolute Gasteiger partial charge is 0.484 e. The van der Waals surface area contributed by atoms with Gasteiger partial charge in [-0.25, -0.2) is 4.68 Å². The Balaban J connectivity index is 1.43. The molecule has 0 spiro atoms. The van der Waals surface area contributed by atoms with Crippen LogP contribution in [0, 0.1) is 0 Å². The van der Waals surface area contributed by atoms with Crippen LogP contribution < -0.4 is 15.2 Å². The number of halogens is 2. The first kappa shape index (κ1) is 20.7. The number of nitrogens with two attached hydrogens (primary N) is 1. The fraction of sp³-hybridized carbons (Fsp3) is 0.100. The van der Waals surface area contributed by atoms with Gasteiger partial charge in [0.1, 0.15) is 5.75 Å². The molecule has 2 heterocycles. The van der Waals surface area contributed by atoms with Crippen LogP contribution in [0.15, 0.2) is 59.3 Å². The third kappa shape index (κ3) is 4.96. The van der Waals surface area contributed by atoms with Crippen molar-refractivity contribution in [2.24, 2.45) is 5.73 Å². The molecule has 0 aliphatic heterocycles. The summed E-state index contributed by atoms with van der Waals surface area (Å²) in [6.45, 7) is -0.0992. The molecule has 0 radical (unpaired) electrons. The Kier molecular flexibility index (Phi) is 6.06. The Labute approximate surface area is 186 Å². The van der Waals surface area contributed by atoms with Crippen molar-refractivity contribution in [3.05, 3.63) is 64.8 Å². The highest BCUT2D eigenvalue weighted by atomic mass is 35.5. The topological polar surface area (TPSA) is 118 Å². The van der Waals surface area contributed by atoms with E-state index in [1.165, 1.54) is 0 Å². The maximum atomic E-state index is 10.8. The first-order chi connectivity index (χ1) is 15.0. The van der Waals surface area contributed by atoms with E-state index in [0.29, 0.717) is 38.6 Å². The summed E-state index contributed by atoms with van der Waals surface area (Å²) in [5, 5.41) is 9.16. The fourth-order valence-electron chi connectivity index (χ4n) is 2.60. The first-order valence-corrected chi connectivity index (χ1v) is 9.71. The van der Waals surface area contributed by atoms with E-state index in [0.717, 1.165) is 0 Å². The lowest BCUT2D eigenvalue weighted by Crippen LogP contribution is -2.19. The lowest BCUT2D eigenvalue weighted by Gasteiger charge is -2.09. The third-order valence-corrected chi connectivity index (χ3v) is 4.63. The number of rotatable bonds is 8. The SMILES string of the molecule is NC(=O)COc1ccc(-c2noc(-c3ccn(COc4c(Cl)cccc4Cl)n3)n2)cc1. The molecule has 2 aromatic heterocycles. The minimum absolute atomic E-state index is 0.0945. The Morgan fingerprint density at radius 2 is 1.81 bits per heavy atom. The highest BCUT2D eigenvalue weighted by molar-refractivity contribution is 6.37. The van der Waals surface area contributed by atoms with Crippen LogP contribution in [0.5, 0.6) is 11.5 Å². The van der Waals surface area contributed by atoms with Gasteiger partial charge in [-0.05, 0) is 42.5 Å². The molecule has 158 valence electrons. The van der Waals surface area contributed by atoms with Crippen molar-refractivity contribution in [2.75, 3.05) is 6.61 Å². The maximum Gasteiger partial charge on any atom is 0.278 e. The molecule has 0 unspecified atom stereocenters. The molecule has 1 amide bonds. The van der Waals surface area contributed by atoms with Gasteiger partial charge < -0.3 is 19.7 Å². The van der Waals surface area contributed by atoms with E-state index in [2.05, 4.69) is 15.2 Å². The Morgan fingerprint density at radius 1 is 1.06 bits per heavy atom. The van der Waals surface area contributed by atoms with Gasteiger partial charge in [0.05, 0.1) is 10.0 Å². The van der Waals surface area contributed by atoms with Crippen LogP contribution in [0.2, 0.25) is 10.0 Å². The molecule has 0 fully saturated rings. The van der Waals surface area contributed by atoms with Gasteiger partial charge >= 0.3 is 0 Å². The number of hydrogen-bond donors (Lipinski definition) is 1. The molecule has 2 N–H and O–H groups in total. The molecular weight excluding hydrogens is 445 g/mol. The number of para-hydroxylation sites is 1. The van der Waals surface area contributed by atoms with Gasteiger partial charge in [-0.15, -0.1) is 0 Å². The van der Waals surface area contributed by atoms with E-state index < -0.39 is 5.91 Å². The minimum Gasteiger partial charge on any atom is -0.484 e. The number of aromatic nitrogens is 4. The zero-order valence-corrected chi connectivity index (χ0v) is 17.4. The Bertz CT molecular complexity index is 1190. The van der Waals surface area contributed by atoms with Crippen LogP contribution in [-0.4, -0.2) is 32.4 Å². The van der Waals surface area contributed by atoms with E-state index in [-0.39, 0.29) is 19.2 Å². The number of nitrogens with zero attached hydrogens (tertiary/aromatic N) is 4. The molecule has 31 heavy (non-hydrogen) atoms. The number of primary amides is 1. The van der Waals surface area contributed by atoms with Gasteiger partial charge in [0.2, 0.25) is 5.82 Å². The van der Waals surface area contributed by atoms with E-state index in [4.69, 9.17) is 42.9 Å². The zero-order valence-electron chi connectivity index (χ0n) is 15.9. The third-order valence-electron chi connectivity index (χ3n) is 4.04. The Morgan fingerprint density at radius 3 is 2.52 bits per heavy atom. The normalized spacial score (nSPS) is 10.8. The molecule has 11 heteroatoms. The van der Waals surface area contributed by atoms with Crippen molar-refractivity contribution in [1.29, 1.82) is 0 Å². The second-order valence-electron chi connectivity index (χ2n) is 6.27. The lowest BCUT2D eigenvalue weighted by atomic mass is 10.2. The van der Waals surface area contributed by atoms with Crippen molar-refractivity contribution in [1.82, 2.24) is 19.9 Å². The summed E-state index contributed by atoms with van der Waals surface area (Å²) in [5.74, 6) is 0.963. The highest BCUT2D eigenvalue weighted by Gasteiger charge is 2.14. The molecule has 0 atom stereocenters.